The van der Waals surface area contributed by atoms with Crippen molar-refractivity contribution in [3.63, 3.8) is 0 Å². The van der Waals surface area contributed by atoms with Gasteiger partial charge in [-0.3, -0.25) is 4.79 Å². The number of rotatable bonds is 4. The zero-order valence-corrected chi connectivity index (χ0v) is 12.1. The quantitative estimate of drug-likeness (QED) is 0.361. The first-order valence-electron chi connectivity index (χ1n) is 6.19. The van der Waals surface area contributed by atoms with E-state index >= 15 is 0 Å². The highest BCUT2D eigenvalue weighted by molar-refractivity contribution is 7.89. The first-order chi connectivity index (χ1) is 10.0. The predicted molar refractivity (Wildman–Crippen MR) is 73.7 cm³/mol. The van der Waals surface area contributed by atoms with Crippen LogP contribution in [0.5, 0.6) is 0 Å². The minimum Gasteiger partial charge on any atom is -0.468 e. The fourth-order valence-corrected chi connectivity index (χ4v) is 3.93. The summed E-state index contributed by atoms with van der Waals surface area (Å²) in [7, 11) is -2.65. The molecule has 9 heteroatoms. The van der Waals surface area contributed by atoms with Gasteiger partial charge in [0, 0.05) is 11.5 Å². The summed E-state index contributed by atoms with van der Waals surface area (Å²) < 4.78 is 30.9. The van der Waals surface area contributed by atoms with Crippen LogP contribution in [0.2, 0.25) is 0 Å². The van der Waals surface area contributed by atoms with E-state index in [2.05, 4.69) is 14.8 Å². The van der Waals surface area contributed by atoms with Crippen molar-refractivity contribution in [1.82, 2.24) is 4.31 Å². The molecular weight excluding hydrogens is 296 g/mol. The van der Waals surface area contributed by atoms with Crippen molar-refractivity contribution in [3.05, 3.63) is 40.8 Å². The van der Waals surface area contributed by atoms with Crippen LogP contribution < -0.4 is 0 Å². The summed E-state index contributed by atoms with van der Waals surface area (Å²) in [6.07, 6.45) is 0.114. The lowest BCUT2D eigenvalue weighted by molar-refractivity contribution is -0.144. The number of hydrogen-bond donors (Lipinski definition) is 0. The van der Waals surface area contributed by atoms with E-state index in [4.69, 9.17) is 5.53 Å². The fraction of sp³-hybridized carbons (Fsp3) is 0.417. The number of sulfonamides is 1. The Morgan fingerprint density at radius 3 is 2.67 bits per heavy atom. The molecule has 0 saturated carbocycles. The predicted octanol–water partition coefficient (Wildman–Crippen LogP) is 1.30. The van der Waals surface area contributed by atoms with Crippen LogP contribution in [0.1, 0.15) is 6.42 Å². The largest absolute Gasteiger partial charge is 0.468 e. The summed E-state index contributed by atoms with van der Waals surface area (Å²) in [5, 5.41) is 3.51. The molecule has 1 aliphatic rings. The second-order valence-electron chi connectivity index (χ2n) is 4.52. The van der Waals surface area contributed by atoms with Crippen LogP contribution in [-0.4, -0.2) is 44.4 Å². The first-order valence-corrected chi connectivity index (χ1v) is 7.63. The Morgan fingerprint density at radius 1 is 1.43 bits per heavy atom. The van der Waals surface area contributed by atoms with Crippen molar-refractivity contribution in [1.29, 1.82) is 0 Å². The fourth-order valence-electron chi connectivity index (χ4n) is 2.28. The molecule has 2 atom stereocenters. The van der Waals surface area contributed by atoms with Gasteiger partial charge in [0.05, 0.1) is 18.0 Å². The molecule has 0 aromatic heterocycles. The number of ether oxygens (including phenoxy) is 1. The van der Waals surface area contributed by atoms with Gasteiger partial charge in [-0.15, -0.1) is 0 Å². The van der Waals surface area contributed by atoms with E-state index in [1.165, 1.54) is 19.2 Å². The molecule has 0 N–H and O–H groups in total. The number of carbonyl (C=O) groups excluding carboxylic acids is 1. The third-order valence-corrected chi connectivity index (χ3v) is 5.16. The molecule has 0 unspecified atom stereocenters. The van der Waals surface area contributed by atoms with E-state index in [9.17, 15) is 13.2 Å². The second kappa shape index (κ2) is 6.13. The number of esters is 1. The van der Waals surface area contributed by atoms with E-state index in [0.29, 0.717) is 0 Å². The first kappa shape index (κ1) is 15.3. The number of hydrogen-bond acceptors (Lipinski definition) is 5. The van der Waals surface area contributed by atoms with Gasteiger partial charge in [0.1, 0.15) is 6.04 Å². The van der Waals surface area contributed by atoms with Gasteiger partial charge in [-0.05, 0) is 24.1 Å². The van der Waals surface area contributed by atoms with Gasteiger partial charge in [0.25, 0.3) is 0 Å². The Hall–Kier alpha value is -2.09. The van der Waals surface area contributed by atoms with Crippen molar-refractivity contribution in [2.45, 2.75) is 23.4 Å². The number of methoxy groups -OCH3 is 1. The minimum atomic E-state index is -3.85. The van der Waals surface area contributed by atoms with Crippen LogP contribution in [0.3, 0.4) is 0 Å². The van der Waals surface area contributed by atoms with Gasteiger partial charge in [-0.2, -0.15) is 4.31 Å². The maximum Gasteiger partial charge on any atom is 0.324 e. The van der Waals surface area contributed by atoms with E-state index in [1.807, 2.05) is 0 Å². The zero-order chi connectivity index (χ0) is 15.5. The molecule has 112 valence electrons. The van der Waals surface area contributed by atoms with Gasteiger partial charge >= 0.3 is 5.97 Å². The summed E-state index contributed by atoms with van der Waals surface area (Å²) in [5.74, 6) is -0.662. The smallest absolute Gasteiger partial charge is 0.324 e. The summed E-state index contributed by atoms with van der Waals surface area (Å²) in [5.41, 5.74) is 8.49. The van der Waals surface area contributed by atoms with Gasteiger partial charge < -0.3 is 4.74 Å². The van der Waals surface area contributed by atoms with E-state index in [1.54, 1.807) is 18.2 Å². The van der Waals surface area contributed by atoms with Crippen LogP contribution in [0.25, 0.3) is 10.4 Å². The molecular formula is C12H14N4O4S. The average Bonchev–Trinajstić information content (AvgIpc) is 2.92. The summed E-state index contributed by atoms with van der Waals surface area (Å²) in [6.45, 7) is -0.0406. The molecule has 1 aromatic carbocycles. The molecule has 2 rings (SSSR count). The molecule has 0 bridgehead atoms. The maximum atomic E-state index is 12.6. The Morgan fingerprint density at radius 2 is 2.10 bits per heavy atom. The van der Waals surface area contributed by atoms with E-state index in [-0.39, 0.29) is 17.9 Å². The normalized spacial score (nSPS) is 22.5. The van der Waals surface area contributed by atoms with Crippen molar-refractivity contribution in [2.75, 3.05) is 13.7 Å². The minimum absolute atomic E-state index is 0.0406. The molecule has 0 amide bonds. The van der Waals surface area contributed by atoms with Gasteiger partial charge in [-0.25, -0.2) is 8.42 Å². The Bertz CT molecular complexity index is 670. The lowest BCUT2D eigenvalue weighted by Gasteiger charge is -2.21. The second-order valence-corrected chi connectivity index (χ2v) is 6.41. The van der Waals surface area contributed by atoms with Crippen molar-refractivity contribution in [2.24, 2.45) is 5.11 Å². The Balaban J connectivity index is 2.39. The Labute approximate surface area is 122 Å². The van der Waals surface area contributed by atoms with Crippen molar-refractivity contribution >= 4 is 16.0 Å². The highest BCUT2D eigenvalue weighted by Gasteiger charge is 2.44. The summed E-state index contributed by atoms with van der Waals surface area (Å²) in [6, 6.07) is 6.23. The lowest BCUT2D eigenvalue weighted by Crippen LogP contribution is -2.41. The summed E-state index contributed by atoms with van der Waals surface area (Å²) in [4.78, 5) is 14.6. The zero-order valence-electron chi connectivity index (χ0n) is 11.3. The molecule has 1 aromatic rings. The van der Waals surface area contributed by atoms with Crippen molar-refractivity contribution in [3.8, 4) is 0 Å². The third-order valence-electron chi connectivity index (χ3n) is 3.27. The molecule has 0 aliphatic carbocycles. The van der Waals surface area contributed by atoms with Crippen LogP contribution in [0.15, 0.2) is 40.3 Å². The molecule has 0 spiro atoms. The monoisotopic (exact) mass is 310 g/mol. The van der Waals surface area contributed by atoms with Crippen LogP contribution in [0, 0.1) is 0 Å². The van der Waals surface area contributed by atoms with Crippen LogP contribution in [0.4, 0.5) is 0 Å². The van der Waals surface area contributed by atoms with Crippen LogP contribution in [-0.2, 0) is 19.6 Å². The topological polar surface area (TPSA) is 112 Å². The lowest BCUT2D eigenvalue weighted by atomic mass is 10.2. The van der Waals surface area contributed by atoms with Gasteiger partial charge in [-0.1, -0.05) is 23.3 Å². The number of azide groups is 1. The average molecular weight is 310 g/mol. The highest BCUT2D eigenvalue weighted by atomic mass is 32.2. The van der Waals surface area contributed by atoms with Gasteiger partial charge in [0.15, 0.2) is 0 Å². The Kier molecular flexibility index (Phi) is 4.46. The molecule has 0 radical (unpaired) electrons. The SMILES string of the molecule is COC(=O)[C@@H]1C[C@H](N=[N+]=[N-])CN1S(=O)(=O)c1ccccc1. The van der Waals surface area contributed by atoms with E-state index < -0.39 is 28.1 Å². The molecule has 1 heterocycles. The van der Waals surface area contributed by atoms with Crippen LogP contribution >= 0.6 is 0 Å². The molecule has 1 fully saturated rings. The molecule has 21 heavy (non-hydrogen) atoms. The highest BCUT2D eigenvalue weighted by Crippen LogP contribution is 2.28. The molecule has 1 aliphatic heterocycles. The summed E-state index contributed by atoms with van der Waals surface area (Å²) >= 11 is 0. The van der Waals surface area contributed by atoms with Crippen molar-refractivity contribution < 1.29 is 17.9 Å². The number of nitrogens with zero attached hydrogens (tertiary/aromatic N) is 4. The third kappa shape index (κ3) is 2.99. The molecule has 8 nitrogen and oxygen atoms in total. The maximum absolute atomic E-state index is 12.6. The number of benzene rings is 1. The van der Waals surface area contributed by atoms with E-state index in [0.717, 1.165) is 4.31 Å². The van der Waals surface area contributed by atoms with Gasteiger partial charge in [0.2, 0.25) is 10.0 Å². The number of carbonyl (C=O) groups is 1. The standard InChI is InChI=1S/C12H14N4O4S/c1-20-12(17)11-7-9(14-15-13)8-16(11)21(18,19)10-5-3-2-4-6-10/h2-6,9,11H,7-8H2,1H3/t9-,11-/m0/s1. The molecule has 1 saturated heterocycles.